The summed E-state index contributed by atoms with van der Waals surface area (Å²) in [6.07, 6.45) is 0. The topological polar surface area (TPSA) is 78.9 Å². The van der Waals surface area contributed by atoms with E-state index in [0.717, 1.165) is 22.6 Å². The van der Waals surface area contributed by atoms with E-state index in [2.05, 4.69) is 25.9 Å². The van der Waals surface area contributed by atoms with E-state index in [1.807, 2.05) is 62.4 Å². The molecule has 1 aromatic heterocycles. The Morgan fingerprint density at radius 2 is 1.52 bits per heavy atom. The first-order valence-electron chi connectivity index (χ1n) is 8.42. The van der Waals surface area contributed by atoms with Crippen LogP contribution in [0.3, 0.4) is 0 Å². The van der Waals surface area contributed by atoms with Gasteiger partial charge in [0.05, 0.1) is 0 Å². The molecule has 0 saturated carbocycles. The molecule has 0 aliphatic carbocycles. The minimum Gasteiger partial charge on any atom is -0.340 e. The van der Waals surface area contributed by atoms with Crippen LogP contribution in [-0.4, -0.2) is 15.9 Å². The standard InChI is InChI=1S/C20H20ClN5O/c1-12-4-5-15(21)10-18(12)26-20-11-19(22-13(2)23-20)25-17-8-6-16(7-9-17)24-14(3)27/h4-11H,1-3H3,(H,24,27)(H2,22,23,25,26). The molecule has 1 heterocycles. The van der Waals surface area contributed by atoms with E-state index < -0.39 is 0 Å². The Hall–Kier alpha value is -3.12. The second-order valence-corrected chi connectivity index (χ2v) is 6.59. The average molecular weight is 382 g/mol. The van der Waals surface area contributed by atoms with Crippen LogP contribution in [0.2, 0.25) is 5.02 Å². The summed E-state index contributed by atoms with van der Waals surface area (Å²) in [5.74, 6) is 1.87. The first kappa shape index (κ1) is 18.7. The summed E-state index contributed by atoms with van der Waals surface area (Å²) in [4.78, 5) is 20.0. The first-order valence-corrected chi connectivity index (χ1v) is 8.80. The molecule has 0 unspecified atom stereocenters. The molecule has 0 bridgehead atoms. The molecule has 3 aromatic rings. The molecule has 3 rings (SSSR count). The number of hydrogen-bond acceptors (Lipinski definition) is 5. The van der Waals surface area contributed by atoms with Crippen molar-refractivity contribution in [1.82, 2.24) is 9.97 Å². The van der Waals surface area contributed by atoms with Gasteiger partial charge in [0, 0.05) is 35.1 Å². The quantitative estimate of drug-likeness (QED) is 0.566. The lowest BCUT2D eigenvalue weighted by molar-refractivity contribution is -0.114. The van der Waals surface area contributed by atoms with Crippen molar-refractivity contribution in [3.63, 3.8) is 0 Å². The van der Waals surface area contributed by atoms with Crippen molar-refractivity contribution in [2.75, 3.05) is 16.0 Å². The highest BCUT2D eigenvalue weighted by Crippen LogP contribution is 2.25. The Kier molecular flexibility index (Phi) is 5.57. The second-order valence-electron chi connectivity index (χ2n) is 6.15. The maximum Gasteiger partial charge on any atom is 0.221 e. The number of aryl methyl sites for hydroxylation is 2. The van der Waals surface area contributed by atoms with Crippen LogP contribution in [0.25, 0.3) is 0 Å². The Labute approximate surface area is 163 Å². The van der Waals surface area contributed by atoms with E-state index >= 15 is 0 Å². The molecule has 0 saturated heterocycles. The number of amides is 1. The van der Waals surface area contributed by atoms with Crippen molar-refractivity contribution >= 4 is 46.2 Å². The lowest BCUT2D eigenvalue weighted by atomic mass is 10.2. The fourth-order valence-electron chi connectivity index (χ4n) is 2.55. The van der Waals surface area contributed by atoms with Crippen LogP contribution in [0.5, 0.6) is 0 Å². The monoisotopic (exact) mass is 381 g/mol. The number of rotatable bonds is 5. The molecule has 1 amide bonds. The predicted octanol–water partition coefficient (Wildman–Crippen LogP) is 5.19. The predicted molar refractivity (Wildman–Crippen MR) is 110 cm³/mol. The van der Waals surface area contributed by atoms with Crippen LogP contribution < -0.4 is 16.0 Å². The molecule has 6 nitrogen and oxygen atoms in total. The van der Waals surface area contributed by atoms with Gasteiger partial charge in [0.25, 0.3) is 0 Å². The zero-order valence-electron chi connectivity index (χ0n) is 15.3. The molecule has 0 fully saturated rings. The Morgan fingerprint density at radius 1 is 0.889 bits per heavy atom. The normalized spacial score (nSPS) is 10.4. The Balaban J connectivity index is 1.79. The summed E-state index contributed by atoms with van der Waals surface area (Å²) >= 11 is 6.09. The third-order valence-corrected chi connectivity index (χ3v) is 4.01. The molecule has 3 N–H and O–H groups in total. The lowest BCUT2D eigenvalue weighted by Crippen LogP contribution is -2.05. The number of carbonyl (C=O) groups is 1. The van der Waals surface area contributed by atoms with Crippen molar-refractivity contribution in [3.05, 3.63) is 64.9 Å². The maximum atomic E-state index is 11.1. The number of aromatic nitrogens is 2. The van der Waals surface area contributed by atoms with Gasteiger partial charge in [0.1, 0.15) is 17.5 Å². The van der Waals surface area contributed by atoms with Gasteiger partial charge in [0.2, 0.25) is 5.91 Å². The molecule has 0 aliphatic rings. The van der Waals surface area contributed by atoms with E-state index in [0.29, 0.717) is 22.5 Å². The Morgan fingerprint density at radius 3 is 2.19 bits per heavy atom. The third-order valence-electron chi connectivity index (χ3n) is 3.78. The van der Waals surface area contributed by atoms with Crippen LogP contribution in [0.1, 0.15) is 18.3 Å². The van der Waals surface area contributed by atoms with E-state index in [9.17, 15) is 4.79 Å². The molecule has 138 valence electrons. The molecule has 7 heteroatoms. The van der Waals surface area contributed by atoms with E-state index in [4.69, 9.17) is 11.6 Å². The molecular formula is C20H20ClN5O. The van der Waals surface area contributed by atoms with Crippen LogP contribution in [0.4, 0.5) is 28.7 Å². The van der Waals surface area contributed by atoms with Gasteiger partial charge in [-0.05, 0) is 55.8 Å². The minimum atomic E-state index is -0.103. The van der Waals surface area contributed by atoms with Crippen molar-refractivity contribution in [3.8, 4) is 0 Å². The van der Waals surface area contributed by atoms with Gasteiger partial charge in [-0.3, -0.25) is 4.79 Å². The van der Waals surface area contributed by atoms with Crippen LogP contribution in [0, 0.1) is 13.8 Å². The molecule has 0 atom stereocenters. The average Bonchev–Trinajstić information content (AvgIpc) is 2.59. The number of nitrogens with zero attached hydrogens (tertiary/aromatic N) is 2. The number of halogens is 1. The first-order chi connectivity index (χ1) is 12.9. The highest BCUT2D eigenvalue weighted by Gasteiger charge is 2.06. The molecule has 0 radical (unpaired) electrons. The Bertz CT molecular complexity index is 973. The fourth-order valence-corrected chi connectivity index (χ4v) is 2.72. The van der Waals surface area contributed by atoms with Crippen molar-refractivity contribution in [2.45, 2.75) is 20.8 Å². The summed E-state index contributed by atoms with van der Waals surface area (Å²) < 4.78 is 0. The largest absolute Gasteiger partial charge is 0.340 e. The zero-order chi connectivity index (χ0) is 19.4. The number of nitrogens with one attached hydrogen (secondary N) is 3. The van der Waals surface area contributed by atoms with E-state index in [-0.39, 0.29) is 5.91 Å². The van der Waals surface area contributed by atoms with Gasteiger partial charge in [-0.2, -0.15) is 0 Å². The summed E-state index contributed by atoms with van der Waals surface area (Å²) in [5.41, 5.74) is 3.56. The lowest BCUT2D eigenvalue weighted by Gasteiger charge is -2.12. The SMILES string of the molecule is CC(=O)Nc1ccc(Nc2cc(Nc3cc(Cl)ccc3C)nc(C)n2)cc1. The second kappa shape index (κ2) is 8.05. The van der Waals surface area contributed by atoms with Crippen molar-refractivity contribution in [1.29, 1.82) is 0 Å². The highest BCUT2D eigenvalue weighted by molar-refractivity contribution is 6.30. The third kappa shape index (κ3) is 5.18. The summed E-state index contributed by atoms with van der Waals surface area (Å²) in [6.45, 7) is 5.32. The van der Waals surface area contributed by atoms with E-state index in [1.165, 1.54) is 6.92 Å². The van der Waals surface area contributed by atoms with Crippen LogP contribution >= 0.6 is 11.6 Å². The van der Waals surface area contributed by atoms with Gasteiger partial charge in [-0.15, -0.1) is 0 Å². The molecule has 0 spiro atoms. The molecule has 2 aromatic carbocycles. The number of benzene rings is 2. The number of anilines is 5. The smallest absolute Gasteiger partial charge is 0.221 e. The molecule has 27 heavy (non-hydrogen) atoms. The van der Waals surface area contributed by atoms with Crippen molar-refractivity contribution < 1.29 is 4.79 Å². The van der Waals surface area contributed by atoms with Crippen LogP contribution in [-0.2, 0) is 4.79 Å². The minimum absolute atomic E-state index is 0.103. The van der Waals surface area contributed by atoms with Gasteiger partial charge < -0.3 is 16.0 Å². The number of hydrogen-bond donors (Lipinski definition) is 3. The maximum absolute atomic E-state index is 11.1. The summed E-state index contributed by atoms with van der Waals surface area (Å²) in [6, 6.07) is 14.9. The summed E-state index contributed by atoms with van der Waals surface area (Å²) in [7, 11) is 0. The summed E-state index contributed by atoms with van der Waals surface area (Å²) in [5, 5.41) is 9.93. The molecule has 0 aliphatic heterocycles. The highest BCUT2D eigenvalue weighted by atomic mass is 35.5. The van der Waals surface area contributed by atoms with Gasteiger partial charge in [-0.1, -0.05) is 17.7 Å². The van der Waals surface area contributed by atoms with Crippen LogP contribution in [0.15, 0.2) is 48.5 Å². The van der Waals surface area contributed by atoms with Gasteiger partial charge in [0.15, 0.2) is 0 Å². The molecular weight excluding hydrogens is 362 g/mol. The van der Waals surface area contributed by atoms with E-state index in [1.54, 1.807) is 0 Å². The van der Waals surface area contributed by atoms with Gasteiger partial charge >= 0.3 is 0 Å². The van der Waals surface area contributed by atoms with Crippen molar-refractivity contribution in [2.24, 2.45) is 0 Å². The fraction of sp³-hybridized carbons (Fsp3) is 0.150. The zero-order valence-corrected chi connectivity index (χ0v) is 16.1. The van der Waals surface area contributed by atoms with Gasteiger partial charge in [-0.25, -0.2) is 9.97 Å². The number of carbonyl (C=O) groups excluding carboxylic acids is 1.